The average Bonchev–Trinajstić information content (AvgIpc) is 3.27. The van der Waals surface area contributed by atoms with Crippen LogP contribution in [-0.2, 0) is 4.74 Å². The zero-order chi connectivity index (χ0) is 18.9. The van der Waals surface area contributed by atoms with Crippen molar-refractivity contribution in [1.82, 2.24) is 14.8 Å². The van der Waals surface area contributed by atoms with E-state index in [0.29, 0.717) is 25.4 Å². The van der Waals surface area contributed by atoms with Crippen molar-refractivity contribution in [3.8, 4) is 5.75 Å². The van der Waals surface area contributed by atoms with Gasteiger partial charge in [0.2, 0.25) is 0 Å². The maximum Gasteiger partial charge on any atom is 0.270 e. The number of aromatic amines is 1. The van der Waals surface area contributed by atoms with Gasteiger partial charge >= 0.3 is 0 Å². The second-order valence-corrected chi connectivity index (χ2v) is 7.62. The number of nitrogens with one attached hydrogen (secondary N) is 1. The first-order valence-electron chi connectivity index (χ1n) is 9.55. The number of fused-ring (bicyclic) bond motifs is 1. The van der Waals surface area contributed by atoms with Crippen LogP contribution in [0.15, 0.2) is 24.3 Å². The molecule has 2 aliphatic heterocycles. The number of hydrogen-bond donors (Lipinski definition) is 2. The van der Waals surface area contributed by atoms with Crippen molar-refractivity contribution in [3.63, 3.8) is 0 Å². The summed E-state index contributed by atoms with van der Waals surface area (Å²) in [5, 5.41) is 12.0. The van der Waals surface area contributed by atoms with Gasteiger partial charge in [0.05, 0.1) is 26.9 Å². The summed E-state index contributed by atoms with van der Waals surface area (Å²) < 4.78 is 10.9. The fourth-order valence-electron chi connectivity index (χ4n) is 4.07. The molecule has 2 N–H and O–H groups in total. The molecule has 2 aromatic rings. The number of benzene rings is 1. The van der Waals surface area contributed by atoms with Crippen molar-refractivity contribution < 1.29 is 19.4 Å². The van der Waals surface area contributed by atoms with E-state index in [9.17, 15) is 9.90 Å². The van der Waals surface area contributed by atoms with Gasteiger partial charge in [0.1, 0.15) is 17.0 Å². The van der Waals surface area contributed by atoms with Gasteiger partial charge in [-0.25, -0.2) is 0 Å². The molecule has 0 spiro atoms. The molecule has 1 aromatic carbocycles. The van der Waals surface area contributed by atoms with Gasteiger partial charge in [0.25, 0.3) is 5.91 Å². The molecular weight excluding hydrogens is 346 g/mol. The number of nitrogens with zero attached hydrogens (tertiary/aromatic N) is 2. The number of likely N-dealkylation sites (tertiary alicyclic amines) is 1. The normalized spacial score (nSPS) is 24.3. The first-order chi connectivity index (χ1) is 13.1. The number of amides is 1. The highest BCUT2D eigenvalue weighted by molar-refractivity contribution is 5.98. The van der Waals surface area contributed by atoms with Gasteiger partial charge in [-0.15, -0.1) is 0 Å². The lowest BCUT2D eigenvalue weighted by atomic mass is 10.0. The number of rotatable bonds is 4. The topological polar surface area (TPSA) is 78.0 Å². The Morgan fingerprint density at radius 2 is 2.11 bits per heavy atom. The fraction of sp³-hybridized carbons (Fsp3) is 0.550. The number of methoxy groups -OCH3 is 1. The van der Waals surface area contributed by atoms with Gasteiger partial charge in [0.15, 0.2) is 0 Å². The quantitative estimate of drug-likeness (QED) is 0.849. The molecule has 146 valence electrons. The van der Waals surface area contributed by atoms with E-state index < -0.39 is 5.60 Å². The molecule has 27 heavy (non-hydrogen) atoms. The summed E-state index contributed by atoms with van der Waals surface area (Å²) in [6.45, 7) is 3.99. The molecule has 1 atom stereocenters. The predicted octanol–water partition coefficient (Wildman–Crippen LogP) is 1.48. The maximum absolute atomic E-state index is 13.1. The largest absolute Gasteiger partial charge is 0.497 e. The van der Waals surface area contributed by atoms with E-state index in [-0.39, 0.29) is 19.1 Å². The van der Waals surface area contributed by atoms with E-state index in [0.717, 1.165) is 42.6 Å². The SMILES string of the molecule is COc1ccc2[nH]c(C(=O)N3CCOC[C@@](O)(CN4CCCC4)C3)cc2c1. The molecule has 2 aliphatic rings. The second-order valence-electron chi connectivity index (χ2n) is 7.62. The molecule has 0 saturated carbocycles. The summed E-state index contributed by atoms with van der Waals surface area (Å²) in [4.78, 5) is 20.2. The fourth-order valence-corrected chi connectivity index (χ4v) is 4.07. The number of β-amino-alcohol motifs (C(OH)–C–C–N with tert-alkyl or cyclic N) is 1. The van der Waals surface area contributed by atoms with Crippen LogP contribution in [0.4, 0.5) is 0 Å². The Bertz CT molecular complexity index is 815. The van der Waals surface area contributed by atoms with Gasteiger partial charge in [-0.3, -0.25) is 4.79 Å². The molecule has 1 aromatic heterocycles. The lowest BCUT2D eigenvalue weighted by molar-refractivity contribution is -0.0524. The molecule has 0 radical (unpaired) electrons. The van der Waals surface area contributed by atoms with Gasteiger partial charge in [-0.1, -0.05) is 0 Å². The summed E-state index contributed by atoms with van der Waals surface area (Å²) in [7, 11) is 1.62. The highest BCUT2D eigenvalue weighted by atomic mass is 16.5. The minimum Gasteiger partial charge on any atom is -0.497 e. The van der Waals surface area contributed by atoms with Crippen LogP contribution in [0.2, 0.25) is 0 Å². The number of carbonyl (C=O) groups is 1. The third-order valence-corrected chi connectivity index (χ3v) is 5.42. The third kappa shape index (κ3) is 3.95. The van der Waals surface area contributed by atoms with Crippen molar-refractivity contribution in [2.24, 2.45) is 0 Å². The maximum atomic E-state index is 13.1. The number of aromatic nitrogens is 1. The molecule has 4 rings (SSSR count). The number of hydrogen-bond acceptors (Lipinski definition) is 5. The van der Waals surface area contributed by atoms with Crippen LogP contribution >= 0.6 is 0 Å². The number of aliphatic hydroxyl groups is 1. The molecule has 0 aliphatic carbocycles. The average molecular weight is 373 g/mol. The summed E-state index contributed by atoms with van der Waals surface area (Å²) in [6, 6.07) is 7.51. The van der Waals surface area contributed by atoms with E-state index in [1.54, 1.807) is 12.0 Å². The molecule has 2 saturated heterocycles. The monoisotopic (exact) mass is 373 g/mol. The van der Waals surface area contributed by atoms with E-state index >= 15 is 0 Å². The standard InChI is InChI=1S/C20H27N3O4/c1-26-16-4-5-17-15(10-16)11-18(21-17)19(24)23-8-9-27-14-20(25,13-23)12-22-6-2-3-7-22/h4-5,10-11,21,25H,2-3,6-9,12-14H2,1H3/t20-/m1/s1. The van der Waals surface area contributed by atoms with Gasteiger partial charge in [0, 0.05) is 24.0 Å². The lowest BCUT2D eigenvalue weighted by Crippen LogP contribution is -2.53. The molecule has 0 bridgehead atoms. The first kappa shape index (κ1) is 18.3. The van der Waals surface area contributed by atoms with Crippen molar-refractivity contribution in [3.05, 3.63) is 30.0 Å². The van der Waals surface area contributed by atoms with Crippen molar-refractivity contribution in [2.75, 3.05) is 53.0 Å². The summed E-state index contributed by atoms with van der Waals surface area (Å²) in [5.41, 5.74) is 0.368. The Kier molecular flexibility index (Phi) is 5.08. The zero-order valence-corrected chi connectivity index (χ0v) is 15.7. The highest BCUT2D eigenvalue weighted by Crippen LogP contribution is 2.23. The van der Waals surface area contributed by atoms with E-state index in [2.05, 4.69) is 9.88 Å². The number of H-pyrrole nitrogens is 1. The van der Waals surface area contributed by atoms with Crippen LogP contribution in [0, 0.1) is 0 Å². The molecule has 1 amide bonds. The van der Waals surface area contributed by atoms with Gasteiger partial charge in [-0.2, -0.15) is 0 Å². The van der Waals surface area contributed by atoms with E-state index in [1.807, 2.05) is 24.3 Å². The third-order valence-electron chi connectivity index (χ3n) is 5.42. The minimum absolute atomic E-state index is 0.115. The molecule has 7 heteroatoms. The number of carbonyl (C=O) groups excluding carboxylic acids is 1. The van der Waals surface area contributed by atoms with Crippen LogP contribution in [0.3, 0.4) is 0 Å². The van der Waals surface area contributed by atoms with E-state index in [1.165, 1.54) is 0 Å². The van der Waals surface area contributed by atoms with Crippen LogP contribution in [0.25, 0.3) is 10.9 Å². The lowest BCUT2D eigenvalue weighted by Gasteiger charge is -2.33. The molecule has 3 heterocycles. The Hall–Kier alpha value is -2.09. The summed E-state index contributed by atoms with van der Waals surface area (Å²) in [5.74, 6) is 0.638. The Balaban J connectivity index is 1.52. The van der Waals surface area contributed by atoms with Crippen LogP contribution in [0.5, 0.6) is 5.75 Å². The summed E-state index contributed by atoms with van der Waals surface area (Å²) in [6.07, 6.45) is 2.33. The second kappa shape index (κ2) is 7.50. The van der Waals surface area contributed by atoms with E-state index in [4.69, 9.17) is 9.47 Å². The van der Waals surface area contributed by atoms with Gasteiger partial charge in [-0.05, 0) is 50.2 Å². The number of ether oxygens (including phenoxy) is 2. The zero-order valence-electron chi connectivity index (χ0n) is 15.7. The highest BCUT2D eigenvalue weighted by Gasteiger charge is 2.37. The summed E-state index contributed by atoms with van der Waals surface area (Å²) >= 11 is 0. The van der Waals surface area contributed by atoms with Crippen molar-refractivity contribution in [2.45, 2.75) is 18.4 Å². The smallest absolute Gasteiger partial charge is 0.270 e. The molecular formula is C20H27N3O4. The van der Waals surface area contributed by atoms with Crippen LogP contribution in [0.1, 0.15) is 23.3 Å². The van der Waals surface area contributed by atoms with Crippen LogP contribution < -0.4 is 4.74 Å². The van der Waals surface area contributed by atoms with Gasteiger partial charge < -0.3 is 29.4 Å². The van der Waals surface area contributed by atoms with Crippen molar-refractivity contribution >= 4 is 16.8 Å². The Morgan fingerprint density at radius 1 is 1.30 bits per heavy atom. The molecule has 2 fully saturated rings. The Labute approximate surface area is 158 Å². The Morgan fingerprint density at radius 3 is 2.89 bits per heavy atom. The molecule has 7 nitrogen and oxygen atoms in total. The minimum atomic E-state index is -1.04. The first-order valence-corrected chi connectivity index (χ1v) is 9.55. The van der Waals surface area contributed by atoms with Crippen molar-refractivity contribution in [1.29, 1.82) is 0 Å². The predicted molar refractivity (Wildman–Crippen MR) is 102 cm³/mol. The van der Waals surface area contributed by atoms with Crippen LogP contribution in [-0.4, -0.2) is 84.4 Å². The molecule has 0 unspecified atom stereocenters.